The lowest BCUT2D eigenvalue weighted by atomic mass is 9.95. The van der Waals surface area contributed by atoms with Gasteiger partial charge >= 0.3 is 5.97 Å². The number of hydrogen-bond acceptors (Lipinski definition) is 4. The monoisotopic (exact) mass is 360 g/mol. The fraction of sp³-hybridized carbons (Fsp3) is 0.294. The molecule has 22 heavy (non-hydrogen) atoms. The third kappa shape index (κ3) is 3.14. The summed E-state index contributed by atoms with van der Waals surface area (Å²) < 4.78 is 5.87. The second-order valence-electron chi connectivity index (χ2n) is 5.41. The van der Waals surface area contributed by atoms with E-state index in [0.29, 0.717) is 13.0 Å². The Kier molecular flexibility index (Phi) is 4.43. The summed E-state index contributed by atoms with van der Waals surface area (Å²) in [7, 11) is 1.44. The molecular formula is C17H17BrN2O2. The van der Waals surface area contributed by atoms with E-state index in [1.165, 1.54) is 12.7 Å². The number of methoxy groups -OCH3 is 1. The molecule has 0 amide bonds. The zero-order valence-electron chi connectivity index (χ0n) is 12.3. The van der Waals surface area contributed by atoms with Crippen molar-refractivity contribution in [1.82, 2.24) is 4.98 Å². The molecule has 1 unspecified atom stereocenters. The summed E-state index contributed by atoms with van der Waals surface area (Å²) in [6.45, 7) is 1.40. The van der Waals surface area contributed by atoms with Gasteiger partial charge < -0.3 is 9.64 Å². The predicted molar refractivity (Wildman–Crippen MR) is 88.6 cm³/mol. The number of hydrogen-bond donors (Lipinski definition) is 0. The molecular weight excluding hydrogens is 344 g/mol. The molecule has 0 aliphatic carbocycles. The summed E-state index contributed by atoms with van der Waals surface area (Å²) in [5, 5.41) is 0. The van der Waals surface area contributed by atoms with Crippen molar-refractivity contribution in [2.45, 2.75) is 13.0 Å². The minimum atomic E-state index is -0.173. The predicted octanol–water partition coefficient (Wildman–Crippen LogP) is 3.20. The zero-order valence-corrected chi connectivity index (χ0v) is 13.9. The van der Waals surface area contributed by atoms with Crippen LogP contribution in [0.4, 0.5) is 5.69 Å². The highest BCUT2D eigenvalue weighted by Gasteiger charge is 2.31. The highest BCUT2D eigenvalue weighted by atomic mass is 79.9. The first-order valence-electron chi connectivity index (χ1n) is 7.18. The molecule has 0 bridgehead atoms. The van der Waals surface area contributed by atoms with Crippen molar-refractivity contribution in [2.75, 3.05) is 18.6 Å². The molecule has 1 aliphatic heterocycles. The third-order valence-corrected chi connectivity index (χ3v) is 4.32. The Morgan fingerprint density at radius 1 is 1.41 bits per heavy atom. The Labute approximate surface area is 138 Å². The summed E-state index contributed by atoms with van der Waals surface area (Å²) >= 11 is 3.48. The average Bonchev–Trinajstić information content (AvgIpc) is 2.55. The minimum Gasteiger partial charge on any atom is -0.469 e. The van der Waals surface area contributed by atoms with Gasteiger partial charge in [-0.2, -0.15) is 0 Å². The van der Waals surface area contributed by atoms with Crippen LogP contribution in [0.2, 0.25) is 0 Å². The lowest BCUT2D eigenvalue weighted by Crippen LogP contribution is -2.39. The van der Waals surface area contributed by atoms with Gasteiger partial charge in [-0.15, -0.1) is 0 Å². The number of fused-ring (bicyclic) bond motifs is 1. The molecule has 1 aromatic heterocycles. The topological polar surface area (TPSA) is 42.4 Å². The number of nitrogens with zero attached hydrogens (tertiary/aromatic N) is 2. The normalized spacial score (nSPS) is 17.0. The molecule has 1 atom stereocenters. The van der Waals surface area contributed by atoms with Crippen LogP contribution in [0.1, 0.15) is 11.3 Å². The Hall–Kier alpha value is -1.88. The molecule has 2 heterocycles. The fourth-order valence-corrected chi connectivity index (χ4v) is 3.15. The molecule has 0 N–H and O–H groups in total. The number of esters is 1. The van der Waals surface area contributed by atoms with Crippen molar-refractivity contribution in [2.24, 2.45) is 5.92 Å². The summed E-state index contributed by atoms with van der Waals surface area (Å²) in [4.78, 5) is 18.6. The van der Waals surface area contributed by atoms with Crippen LogP contribution in [0.3, 0.4) is 0 Å². The van der Waals surface area contributed by atoms with E-state index >= 15 is 0 Å². The van der Waals surface area contributed by atoms with Crippen LogP contribution in [-0.2, 0) is 22.5 Å². The third-order valence-electron chi connectivity index (χ3n) is 3.89. The SMILES string of the molecule is COC(=O)C1Cc2ncc(Br)cc2N(Cc2ccccc2)C1. The highest BCUT2D eigenvalue weighted by Crippen LogP contribution is 2.32. The van der Waals surface area contributed by atoms with Gasteiger partial charge in [0.05, 0.1) is 24.4 Å². The summed E-state index contributed by atoms with van der Waals surface area (Å²) in [5.41, 5.74) is 3.23. The molecule has 0 fully saturated rings. The van der Waals surface area contributed by atoms with E-state index < -0.39 is 0 Å². The molecule has 1 aliphatic rings. The minimum absolute atomic E-state index is 0.171. The van der Waals surface area contributed by atoms with Gasteiger partial charge in [0.15, 0.2) is 0 Å². The number of rotatable bonds is 3. The maximum absolute atomic E-state index is 12.0. The molecule has 0 radical (unpaired) electrons. The lowest BCUT2D eigenvalue weighted by molar-refractivity contribution is -0.145. The Bertz CT molecular complexity index is 676. The van der Waals surface area contributed by atoms with Crippen molar-refractivity contribution >= 4 is 27.6 Å². The van der Waals surface area contributed by atoms with Gasteiger partial charge in [-0.25, -0.2) is 0 Å². The number of pyridine rings is 1. The maximum atomic E-state index is 12.0. The van der Waals surface area contributed by atoms with Gasteiger partial charge in [-0.3, -0.25) is 9.78 Å². The van der Waals surface area contributed by atoms with Gasteiger partial charge in [0.1, 0.15) is 0 Å². The number of aromatic nitrogens is 1. The van der Waals surface area contributed by atoms with Gasteiger partial charge in [0.25, 0.3) is 0 Å². The Balaban J connectivity index is 1.93. The first-order valence-corrected chi connectivity index (χ1v) is 7.98. The Morgan fingerprint density at radius 3 is 2.91 bits per heavy atom. The van der Waals surface area contributed by atoms with E-state index in [1.54, 1.807) is 6.20 Å². The van der Waals surface area contributed by atoms with Crippen molar-refractivity contribution in [3.63, 3.8) is 0 Å². The second-order valence-corrected chi connectivity index (χ2v) is 6.33. The van der Waals surface area contributed by atoms with Crippen LogP contribution < -0.4 is 4.90 Å². The number of benzene rings is 1. The second kappa shape index (κ2) is 6.48. The van der Waals surface area contributed by atoms with E-state index in [1.807, 2.05) is 18.2 Å². The zero-order chi connectivity index (χ0) is 15.5. The number of anilines is 1. The van der Waals surface area contributed by atoms with Crippen LogP contribution in [0, 0.1) is 5.92 Å². The summed E-state index contributed by atoms with van der Waals surface area (Å²) in [6, 6.07) is 12.3. The van der Waals surface area contributed by atoms with Crippen molar-refractivity contribution in [3.05, 3.63) is 58.3 Å². The number of halogens is 1. The summed E-state index contributed by atoms with van der Waals surface area (Å²) in [6.07, 6.45) is 2.40. The van der Waals surface area contributed by atoms with E-state index in [2.05, 4.69) is 44.0 Å². The van der Waals surface area contributed by atoms with E-state index in [9.17, 15) is 4.79 Å². The molecule has 5 heteroatoms. The first-order chi connectivity index (χ1) is 10.7. The fourth-order valence-electron chi connectivity index (χ4n) is 2.83. The Morgan fingerprint density at radius 2 is 2.18 bits per heavy atom. The van der Waals surface area contributed by atoms with Crippen LogP contribution in [0.5, 0.6) is 0 Å². The van der Waals surface area contributed by atoms with E-state index in [-0.39, 0.29) is 11.9 Å². The standard InChI is InChI=1S/C17H17BrN2O2/c1-22-17(21)13-7-15-16(8-14(18)9-19-15)20(11-13)10-12-5-3-2-4-6-12/h2-6,8-9,13H,7,10-11H2,1H3. The van der Waals surface area contributed by atoms with Crippen LogP contribution in [0.15, 0.2) is 47.1 Å². The molecule has 3 rings (SSSR count). The number of ether oxygens (including phenoxy) is 1. The molecule has 2 aromatic rings. The van der Waals surface area contributed by atoms with E-state index in [4.69, 9.17) is 4.74 Å². The number of carbonyl (C=O) groups excluding carboxylic acids is 1. The van der Waals surface area contributed by atoms with Gasteiger partial charge in [0.2, 0.25) is 0 Å². The average molecular weight is 361 g/mol. The molecule has 1 aromatic carbocycles. The molecule has 4 nitrogen and oxygen atoms in total. The molecule has 114 valence electrons. The van der Waals surface area contributed by atoms with Gasteiger partial charge in [-0.1, -0.05) is 30.3 Å². The van der Waals surface area contributed by atoms with Gasteiger partial charge in [0, 0.05) is 30.2 Å². The van der Waals surface area contributed by atoms with Gasteiger partial charge in [-0.05, 0) is 27.6 Å². The van der Waals surface area contributed by atoms with Crippen LogP contribution >= 0.6 is 15.9 Å². The van der Waals surface area contributed by atoms with Crippen molar-refractivity contribution in [3.8, 4) is 0 Å². The van der Waals surface area contributed by atoms with Crippen molar-refractivity contribution < 1.29 is 9.53 Å². The lowest BCUT2D eigenvalue weighted by Gasteiger charge is -2.34. The van der Waals surface area contributed by atoms with Crippen LogP contribution in [-0.4, -0.2) is 24.6 Å². The van der Waals surface area contributed by atoms with Crippen molar-refractivity contribution in [1.29, 1.82) is 0 Å². The summed E-state index contributed by atoms with van der Waals surface area (Å²) in [5.74, 6) is -0.344. The molecule has 0 saturated carbocycles. The highest BCUT2D eigenvalue weighted by molar-refractivity contribution is 9.10. The molecule has 0 spiro atoms. The smallest absolute Gasteiger partial charge is 0.310 e. The maximum Gasteiger partial charge on any atom is 0.310 e. The number of carbonyl (C=O) groups is 1. The first kappa shape index (κ1) is 15.0. The largest absolute Gasteiger partial charge is 0.469 e. The van der Waals surface area contributed by atoms with Crippen LogP contribution in [0.25, 0.3) is 0 Å². The van der Waals surface area contributed by atoms with E-state index in [0.717, 1.165) is 22.4 Å². The quantitative estimate of drug-likeness (QED) is 0.788. The molecule has 0 saturated heterocycles.